The minimum atomic E-state index is 0.236. The van der Waals surface area contributed by atoms with Crippen LogP contribution in [0.5, 0.6) is 0 Å². The van der Waals surface area contributed by atoms with Crippen molar-refractivity contribution >= 4 is 22.6 Å². The summed E-state index contributed by atoms with van der Waals surface area (Å²) in [4.78, 5) is 0. The maximum absolute atomic E-state index is 6.27. The zero-order valence-electron chi connectivity index (χ0n) is 9.66. The lowest BCUT2D eigenvalue weighted by Crippen LogP contribution is -2.17. The van der Waals surface area contributed by atoms with Gasteiger partial charge in [-0.05, 0) is 52.6 Å². The highest BCUT2D eigenvalue weighted by Crippen LogP contribution is 2.30. The second-order valence-electron chi connectivity index (χ2n) is 4.90. The summed E-state index contributed by atoms with van der Waals surface area (Å²) >= 11 is 2.33. The van der Waals surface area contributed by atoms with Crippen molar-refractivity contribution in [2.75, 3.05) is 0 Å². The first-order chi connectivity index (χ1) is 7.75. The summed E-state index contributed by atoms with van der Waals surface area (Å²) in [5.74, 6) is 0.864. The number of hydrogen-bond donors (Lipinski definition) is 1. The van der Waals surface area contributed by atoms with Gasteiger partial charge in [-0.25, -0.2) is 0 Å². The second-order valence-corrected chi connectivity index (χ2v) is 6.14. The highest BCUT2D eigenvalue weighted by molar-refractivity contribution is 14.1. The number of hydrogen-bond acceptors (Lipinski definition) is 1. The molecule has 0 aromatic heterocycles. The van der Waals surface area contributed by atoms with Crippen molar-refractivity contribution in [2.45, 2.75) is 44.6 Å². The molecular formula is C14H20IN. The fourth-order valence-corrected chi connectivity index (χ4v) is 2.99. The molecule has 1 atom stereocenters. The summed E-state index contributed by atoms with van der Waals surface area (Å²) in [6.07, 6.45) is 8.18. The van der Waals surface area contributed by atoms with Gasteiger partial charge in [0.05, 0.1) is 0 Å². The van der Waals surface area contributed by atoms with Crippen molar-refractivity contribution in [3.8, 4) is 0 Å². The minimum absolute atomic E-state index is 0.236. The van der Waals surface area contributed by atoms with Crippen molar-refractivity contribution < 1.29 is 0 Å². The first-order valence-electron chi connectivity index (χ1n) is 6.27. The molecule has 0 aliphatic heterocycles. The van der Waals surface area contributed by atoms with Crippen LogP contribution in [0.3, 0.4) is 0 Å². The number of halogens is 1. The number of benzene rings is 1. The average molecular weight is 329 g/mol. The van der Waals surface area contributed by atoms with E-state index < -0.39 is 0 Å². The van der Waals surface area contributed by atoms with Crippen LogP contribution in [0, 0.1) is 9.49 Å². The fraction of sp³-hybridized carbons (Fsp3) is 0.571. The molecule has 16 heavy (non-hydrogen) atoms. The lowest BCUT2D eigenvalue weighted by molar-refractivity contribution is 0.319. The quantitative estimate of drug-likeness (QED) is 0.824. The third-order valence-corrected chi connectivity index (χ3v) is 4.33. The van der Waals surface area contributed by atoms with Crippen LogP contribution in [0.2, 0.25) is 0 Å². The van der Waals surface area contributed by atoms with E-state index in [4.69, 9.17) is 5.73 Å². The molecule has 0 radical (unpaired) electrons. The zero-order chi connectivity index (χ0) is 11.4. The molecule has 0 bridgehead atoms. The Morgan fingerprint density at radius 2 is 1.75 bits per heavy atom. The molecular weight excluding hydrogens is 309 g/mol. The Kier molecular flexibility index (Phi) is 4.65. The molecule has 1 unspecified atom stereocenters. The lowest BCUT2D eigenvalue weighted by atomic mass is 9.83. The summed E-state index contributed by atoms with van der Waals surface area (Å²) in [7, 11) is 0. The summed E-state index contributed by atoms with van der Waals surface area (Å²) in [5, 5.41) is 0. The molecule has 1 aromatic carbocycles. The molecule has 88 valence electrons. The van der Waals surface area contributed by atoms with Gasteiger partial charge in [0, 0.05) is 9.61 Å². The van der Waals surface area contributed by atoms with E-state index >= 15 is 0 Å². The third-order valence-electron chi connectivity index (χ3n) is 3.61. The maximum atomic E-state index is 6.27. The Hall–Kier alpha value is -0.0900. The first-order valence-corrected chi connectivity index (χ1v) is 7.34. The van der Waals surface area contributed by atoms with Gasteiger partial charge in [0.25, 0.3) is 0 Å². The third kappa shape index (κ3) is 3.45. The van der Waals surface area contributed by atoms with Gasteiger partial charge in [-0.3, -0.25) is 0 Å². The molecule has 0 amide bonds. The first kappa shape index (κ1) is 12.4. The van der Waals surface area contributed by atoms with E-state index in [1.807, 2.05) is 0 Å². The Balaban J connectivity index is 1.91. The molecule has 1 nitrogen and oxygen atoms in total. The smallest absolute Gasteiger partial charge is 0.0297 e. The van der Waals surface area contributed by atoms with E-state index in [-0.39, 0.29) is 6.04 Å². The van der Waals surface area contributed by atoms with Gasteiger partial charge in [-0.1, -0.05) is 44.2 Å². The van der Waals surface area contributed by atoms with Gasteiger partial charge < -0.3 is 5.73 Å². The maximum Gasteiger partial charge on any atom is 0.0297 e. The molecule has 0 heterocycles. The van der Waals surface area contributed by atoms with Gasteiger partial charge in [0.15, 0.2) is 0 Å². The van der Waals surface area contributed by atoms with Crippen molar-refractivity contribution in [1.29, 1.82) is 0 Å². The van der Waals surface area contributed by atoms with E-state index in [2.05, 4.69) is 46.9 Å². The van der Waals surface area contributed by atoms with Crippen LogP contribution in [0.25, 0.3) is 0 Å². The van der Waals surface area contributed by atoms with Crippen LogP contribution >= 0.6 is 22.6 Å². The molecule has 2 heteroatoms. The molecule has 0 saturated heterocycles. The summed E-state index contributed by atoms with van der Waals surface area (Å²) in [6.45, 7) is 0. The minimum Gasteiger partial charge on any atom is -0.324 e. The van der Waals surface area contributed by atoms with Gasteiger partial charge in [0.1, 0.15) is 0 Å². The van der Waals surface area contributed by atoms with E-state index in [1.165, 1.54) is 47.7 Å². The fourth-order valence-electron chi connectivity index (χ4n) is 2.63. The predicted molar refractivity (Wildman–Crippen MR) is 77.3 cm³/mol. The Bertz CT molecular complexity index is 314. The molecule has 1 saturated carbocycles. The molecule has 1 aliphatic rings. The predicted octanol–water partition coefficient (Wildman–Crippen LogP) is 4.26. The average Bonchev–Trinajstić information content (AvgIpc) is 2.31. The molecule has 2 rings (SSSR count). The highest BCUT2D eigenvalue weighted by atomic mass is 127. The Morgan fingerprint density at radius 3 is 2.38 bits per heavy atom. The number of nitrogens with two attached hydrogens (primary N) is 1. The monoisotopic (exact) mass is 329 g/mol. The van der Waals surface area contributed by atoms with Crippen LogP contribution < -0.4 is 5.73 Å². The Morgan fingerprint density at radius 1 is 1.12 bits per heavy atom. The van der Waals surface area contributed by atoms with Crippen molar-refractivity contribution in [1.82, 2.24) is 0 Å². The van der Waals surface area contributed by atoms with E-state index in [0.29, 0.717) is 0 Å². The van der Waals surface area contributed by atoms with Crippen LogP contribution in [0.15, 0.2) is 24.3 Å². The molecule has 2 N–H and O–H groups in total. The van der Waals surface area contributed by atoms with Crippen molar-refractivity contribution in [3.63, 3.8) is 0 Å². The van der Waals surface area contributed by atoms with E-state index in [9.17, 15) is 0 Å². The highest BCUT2D eigenvalue weighted by Gasteiger charge is 2.17. The van der Waals surface area contributed by atoms with E-state index in [0.717, 1.165) is 5.92 Å². The van der Waals surface area contributed by atoms with Crippen LogP contribution in [0.1, 0.15) is 50.1 Å². The van der Waals surface area contributed by atoms with Gasteiger partial charge in [0.2, 0.25) is 0 Å². The van der Waals surface area contributed by atoms with Gasteiger partial charge in [-0.15, -0.1) is 0 Å². The summed E-state index contributed by atoms with van der Waals surface area (Å²) < 4.78 is 1.28. The largest absolute Gasteiger partial charge is 0.324 e. The standard InChI is InChI=1S/C14H20IN/c15-13-8-6-12(7-9-13)14(16)10-11-4-2-1-3-5-11/h6-9,11,14H,1-5,10,16H2. The SMILES string of the molecule is NC(CC1CCCCC1)c1ccc(I)cc1. The van der Waals surface area contributed by atoms with Crippen molar-refractivity contribution in [3.05, 3.63) is 33.4 Å². The Labute approximate surface area is 112 Å². The molecule has 0 spiro atoms. The van der Waals surface area contributed by atoms with Crippen LogP contribution in [-0.2, 0) is 0 Å². The van der Waals surface area contributed by atoms with Crippen molar-refractivity contribution in [2.24, 2.45) is 11.7 Å². The van der Waals surface area contributed by atoms with Gasteiger partial charge >= 0.3 is 0 Å². The summed E-state index contributed by atoms with van der Waals surface area (Å²) in [6, 6.07) is 8.89. The van der Waals surface area contributed by atoms with Crippen LogP contribution in [-0.4, -0.2) is 0 Å². The molecule has 1 fully saturated rings. The topological polar surface area (TPSA) is 26.0 Å². The normalized spacial score (nSPS) is 19.6. The molecule has 1 aromatic rings. The second kappa shape index (κ2) is 6.01. The van der Waals surface area contributed by atoms with E-state index in [1.54, 1.807) is 0 Å². The molecule has 1 aliphatic carbocycles. The van der Waals surface area contributed by atoms with Gasteiger partial charge in [-0.2, -0.15) is 0 Å². The summed E-state index contributed by atoms with van der Waals surface area (Å²) in [5.41, 5.74) is 7.57. The zero-order valence-corrected chi connectivity index (χ0v) is 11.8. The lowest BCUT2D eigenvalue weighted by Gasteiger charge is -2.24. The van der Waals surface area contributed by atoms with Crippen LogP contribution in [0.4, 0.5) is 0 Å². The number of rotatable bonds is 3.